The molecule has 3 aromatic carbocycles. The third-order valence-electron chi connectivity index (χ3n) is 5.83. The van der Waals surface area contributed by atoms with Gasteiger partial charge in [-0.1, -0.05) is 12.1 Å². The maximum Gasteiger partial charge on any atom is 0.338 e. The van der Waals surface area contributed by atoms with Crippen molar-refractivity contribution in [2.24, 2.45) is 0 Å². The number of carbonyl (C=O) groups is 4. The lowest BCUT2D eigenvalue weighted by Crippen LogP contribution is -2.30. The number of imide groups is 1. The fourth-order valence-corrected chi connectivity index (χ4v) is 3.85. The summed E-state index contributed by atoms with van der Waals surface area (Å²) in [6.45, 7) is 7.60. The molecule has 0 bridgehead atoms. The molecule has 36 heavy (non-hydrogen) atoms. The molecule has 0 fully saturated rings. The Labute approximate surface area is 208 Å². The Morgan fingerprint density at radius 3 is 2.31 bits per heavy atom. The van der Waals surface area contributed by atoms with E-state index in [-0.39, 0.29) is 16.7 Å². The molecular weight excluding hydrogens is 460 g/mol. The molecule has 1 atom stereocenters. The lowest BCUT2D eigenvalue weighted by Gasteiger charge is -2.15. The molecule has 4 rings (SSSR count). The van der Waals surface area contributed by atoms with Crippen molar-refractivity contribution in [2.45, 2.75) is 33.8 Å². The van der Waals surface area contributed by atoms with Gasteiger partial charge in [0.15, 0.2) is 6.10 Å². The van der Waals surface area contributed by atoms with Gasteiger partial charge in [-0.05, 0) is 87.4 Å². The molecule has 0 spiro atoms. The first-order valence-corrected chi connectivity index (χ1v) is 11.5. The van der Waals surface area contributed by atoms with Crippen molar-refractivity contribution in [3.8, 4) is 5.75 Å². The number of fused-ring (bicyclic) bond motifs is 1. The number of ether oxygens (including phenoxy) is 2. The Hall–Kier alpha value is -4.46. The van der Waals surface area contributed by atoms with E-state index in [1.165, 1.54) is 25.1 Å². The van der Waals surface area contributed by atoms with Gasteiger partial charge in [0.05, 0.1) is 29.0 Å². The van der Waals surface area contributed by atoms with Gasteiger partial charge in [-0.25, -0.2) is 9.69 Å². The number of hydrogen-bond donors (Lipinski definition) is 1. The van der Waals surface area contributed by atoms with Crippen LogP contribution in [0.1, 0.15) is 56.0 Å². The quantitative estimate of drug-likeness (QED) is 0.384. The Morgan fingerprint density at radius 1 is 0.917 bits per heavy atom. The van der Waals surface area contributed by atoms with E-state index >= 15 is 0 Å². The first kappa shape index (κ1) is 24.7. The summed E-state index contributed by atoms with van der Waals surface area (Å²) in [5.41, 5.74) is 3.24. The Balaban J connectivity index is 1.47. The maximum atomic E-state index is 13.0. The highest BCUT2D eigenvalue weighted by atomic mass is 16.5. The van der Waals surface area contributed by atoms with Gasteiger partial charge in [0.25, 0.3) is 17.7 Å². The average Bonchev–Trinajstić information content (AvgIpc) is 3.11. The summed E-state index contributed by atoms with van der Waals surface area (Å²) in [6, 6.07) is 16.4. The van der Waals surface area contributed by atoms with Gasteiger partial charge in [-0.3, -0.25) is 14.4 Å². The molecule has 3 aromatic rings. The van der Waals surface area contributed by atoms with Crippen molar-refractivity contribution in [1.82, 2.24) is 0 Å². The van der Waals surface area contributed by atoms with Crippen LogP contribution in [-0.2, 0) is 9.53 Å². The molecule has 3 amide bonds. The summed E-state index contributed by atoms with van der Waals surface area (Å²) in [7, 11) is 0. The molecule has 0 radical (unpaired) electrons. The lowest BCUT2D eigenvalue weighted by molar-refractivity contribution is -0.123. The molecule has 0 aromatic heterocycles. The largest absolute Gasteiger partial charge is 0.494 e. The summed E-state index contributed by atoms with van der Waals surface area (Å²) in [5.74, 6) is -1.67. The molecule has 0 saturated heterocycles. The maximum absolute atomic E-state index is 13.0. The average molecular weight is 487 g/mol. The van der Waals surface area contributed by atoms with Gasteiger partial charge in [0.1, 0.15) is 5.75 Å². The zero-order valence-electron chi connectivity index (χ0n) is 20.5. The number of esters is 1. The van der Waals surface area contributed by atoms with Crippen molar-refractivity contribution in [2.75, 3.05) is 16.8 Å². The molecule has 1 aliphatic rings. The zero-order chi connectivity index (χ0) is 26.0. The predicted molar refractivity (Wildman–Crippen MR) is 135 cm³/mol. The van der Waals surface area contributed by atoms with Crippen LogP contribution in [0, 0.1) is 13.8 Å². The van der Waals surface area contributed by atoms with E-state index < -0.39 is 29.8 Å². The van der Waals surface area contributed by atoms with Gasteiger partial charge < -0.3 is 14.8 Å². The van der Waals surface area contributed by atoms with Crippen molar-refractivity contribution in [3.63, 3.8) is 0 Å². The fourth-order valence-electron chi connectivity index (χ4n) is 3.85. The molecule has 8 nitrogen and oxygen atoms in total. The first-order chi connectivity index (χ1) is 17.2. The number of nitrogens with one attached hydrogen (secondary N) is 1. The number of carbonyl (C=O) groups excluding carboxylic acids is 4. The van der Waals surface area contributed by atoms with Gasteiger partial charge in [-0.2, -0.15) is 0 Å². The lowest BCUT2D eigenvalue weighted by atomic mass is 10.1. The van der Waals surface area contributed by atoms with Crippen molar-refractivity contribution >= 4 is 35.1 Å². The standard InChI is InChI=1S/C28H26N2O6/c1-5-35-21-11-9-20(10-12-21)30-26(32)22-13-8-19(15-23(22)27(30)33)28(34)36-18(4)25(31)29-24-14-16(2)6-7-17(24)3/h6-15,18H,5H2,1-4H3,(H,29,31). The van der Waals surface area contributed by atoms with Crippen LogP contribution in [0.3, 0.4) is 0 Å². The number of hydrogen-bond acceptors (Lipinski definition) is 6. The summed E-state index contributed by atoms with van der Waals surface area (Å²) in [4.78, 5) is 52.3. The summed E-state index contributed by atoms with van der Waals surface area (Å²) >= 11 is 0. The van der Waals surface area contributed by atoms with E-state index in [1.54, 1.807) is 24.3 Å². The zero-order valence-corrected chi connectivity index (χ0v) is 20.5. The smallest absolute Gasteiger partial charge is 0.338 e. The monoisotopic (exact) mass is 486 g/mol. The minimum absolute atomic E-state index is 0.0647. The number of nitrogens with zero attached hydrogens (tertiary/aromatic N) is 1. The van der Waals surface area contributed by atoms with Crippen LogP contribution in [0.25, 0.3) is 0 Å². The highest BCUT2D eigenvalue weighted by molar-refractivity contribution is 6.34. The second-order valence-corrected chi connectivity index (χ2v) is 8.49. The van der Waals surface area contributed by atoms with Crippen LogP contribution in [0.4, 0.5) is 11.4 Å². The Morgan fingerprint density at radius 2 is 1.61 bits per heavy atom. The molecule has 1 heterocycles. The second kappa shape index (κ2) is 10.0. The summed E-state index contributed by atoms with van der Waals surface area (Å²) in [6.07, 6.45) is -1.08. The van der Waals surface area contributed by atoms with Gasteiger partial charge in [0.2, 0.25) is 0 Å². The van der Waals surface area contributed by atoms with E-state index in [4.69, 9.17) is 9.47 Å². The molecule has 184 valence electrons. The fraction of sp³-hybridized carbons (Fsp3) is 0.214. The molecule has 1 N–H and O–H groups in total. The highest BCUT2D eigenvalue weighted by Crippen LogP contribution is 2.30. The number of rotatable bonds is 7. The normalized spacial score (nSPS) is 13.3. The van der Waals surface area contributed by atoms with Crippen molar-refractivity contribution < 1.29 is 28.7 Å². The second-order valence-electron chi connectivity index (χ2n) is 8.49. The van der Waals surface area contributed by atoms with Crippen LogP contribution in [0.15, 0.2) is 60.7 Å². The van der Waals surface area contributed by atoms with Crippen LogP contribution < -0.4 is 15.0 Å². The Kier molecular flexibility index (Phi) is 6.87. The molecule has 0 saturated carbocycles. The summed E-state index contributed by atoms with van der Waals surface area (Å²) < 4.78 is 10.7. The number of aryl methyl sites for hydroxylation is 2. The van der Waals surface area contributed by atoms with Crippen LogP contribution in [0.5, 0.6) is 5.75 Å². The molecule has 1 unspecified atom stereocenters. The number of amides is 3. The van der Waals surface area contributed by atoms with E-state index in [1.807, 2.05) is 39.0 Å². The molecule has 1 aliphatic heterocycles. The van der Waals surface area contributed by atoms with Gasteiger partial charge in [0, 0.05) is 5.69 Å². The third kappa shape index (κ3) is 4.84. The van der Waals surface area contributed by atoms with E-state index in [2.05, 4.69) is 5.32 Å². The van der Waals surface area contributed by atoms with Crippen LogP contribution >= 0.6 is 0 Å². The van der Waals surface area contributed by atoms with Gasteiger partial charge in [-0.15, -0.1) is 0 Å². The minimum atomic E-state index is -1.08. The van der Waals surface area contributed by atoms with Crippen LogP contribution in [0.2, 0.25) is 0 Å². The van der Waals surface area contributed by atoms with E-state index in [0.29, 0.717) is 23.7 Å². The third-order valence-corrected chi connectivity index (χ3v) is 5.83. The van der Waals surface area contributed by atoms with Gasteiger partial charge >= 0.3 is 5.97 Å². The summed E-state index contributed by atoms with van der Waals surface area (Å²) in [5, 5.41) is 2.77. The molecular formula is C28H26N2O6. The van der Waals surface area contributed by atoms with E-state index in [9.17, 15) is 19.2 Å². The SMILES string of the molecule is CCOc1ccc(N2C(=O)c3ccc(C(=O)OC(C)C(=O)Nc4cc(C)ccc4C)cc3C2=O)cc1. The van der Waals surface area contributed by atoms with Crippen molar-refractivity contribution in [3.05, 3.63) is 88.5 Å². The van der Waals surface area contributed by atoms with Crippen LogP contribution in [-0.4, -0.2) is 36.4 Å². The van der Waals surface area contributed by atoms with Crippen molar-refractivity contribution in [1.29, 1.82) is 0 Å². The molecule has 8 heteroatoms. The van der Waals surface area contributed by atoms with E-state index in [0.717, 1.165) is 16.0 Å². The molecule has 0 aliphatic carbocycles. The topological polar surface area (TPSA) is 102 Å². The first-order valence-electron chi connectivity index (χ1n) is 11.5. The predicted octanol–water partition coefficient (Wildman–Crippen LogP) is 4.69. The highest BCUT2D eigenvalue weighted by Gasteiger charge is 2.37. The minimum Gasteiger partial charge on any atom is -0.494 e. The number of benzene rings is 3. The Bertz CT molecular complexity index is 1360. The number of anilines is 2.